The number of hydrogen-bond acceptors (Lipinski definition) is 5. The number of benzene rings is 2. The molecule has 0 bridgehead atoms. The smallest absolute Gasteiger partial charge is 0.331 e. The molecule has 0 spiro atoms. The zero-order valence-electron chi connectivity index (χ0n) is 20.4. The summed E-state index contributed by atoms with van der Waals surface area (Å²) in [6.07, 6.45) is 1.33. The molecule has 0 radical (unpaired) electrons. The van der Waals surface area contributed by atoms with E-state index < -0.39 is 17.2 Å². The van der Waals surface area contributed by atoms with Gasteiger partial charge in [-0.05, 0) is 57.9 Å². The molecule has 0 aliphatic carbocycles. The Balaban J connectivity index is 1.83. The van der Waals surface area contributed by atoms with Crippen LogP contribution in [0.2, 0.25) is 0 Å². The molecule has 0 saturated carbocycles. The van der Waals surface area contributed by atoms with Gasteiger partial charge in [-0.15, -0.1) is 0 Å². The van der Waals surface area contributed by atoms with Gasteiger partial charge in [0.2, 0.25) is 11.8 Å². The topological polar surface area (TPSA) is 111 Å². The average molecular weight is 481 g/mol. The average Bonchev–Trinajstić information content (AvgIpc) is 2.82. The SMILES string of the molecule is CCOc1ccccc1NC(=O)Cn1c(=O)n(CCCCC(=O)NC(C)C)c(=O)c2ccccc21. The molecule has 35 heavy (non-hydrogen) atoms. The first-order valence-electron chi connectivity index (χ1n) is 11.8. The summed E-state index contributed by atoms with van der Waals surface area (Å²) in [5.74, 6) is 0.0549. The number of unbranched alkanes of at least 4 members (excludes halogenated alkanes) is 1. The van der Waals surface area contributed by atoms with Crippen molar-refractivity contribution >= 4 is 28.4 Å². The maximum Gasteiger partial charge on any atom is 0.331 e. The van der Waals surface area contributed by atoms with Crippen molar-refractivity contribution in [3.63, 3.8) is 0 Å². The number of ether oxygens (including phenoxy) is 1. The molecule has 1 heterocycles. The normalized spacial score (nSPS) is 11.0. The lowest BCUT2D eigenvalue weighted by atomic mass is 10.2. The predicted octanol–water partition coefficient (Wildman–Crippen LogP) is 2.90. The third-order valence-electron chi connectivity index (χ3n) is 5.38. The molecule has 2 aromatic carbocycles. The first-order valence-corrected chi connectivity index (χ1v) is 11.8. The molecule has 0 saturated heterocycles. The number of fused-ring (bicyclic) bond motifs is 1. The van der Waals surface area contributed by atoms with Crippen LogP contribution < -0.4 is 26.6 Å². The molecule has 1 aromatic heterocycles. The Morgan fingerprint density at radius 3 is 2.40 bits per heavy atom. The molecule has 0 aliphatic rings. The van der Waals surface area contributed by atoms with Gasteiger partial charge < -0.3 is 15.4 Å². The first kappa shape index (κ1) is 25.7. The number of carbonyl (C=O) groups is 2. The summed E-state index contributed by atoms with van der Waals surface area (Å²) < 4.78 is 8.00. The fourth-order valence-electron chi connectivity index (χ4n) is 3.86. The molecule has 3 aromatic rings. The van der Waals surface area contributed by atoms with Gasteiger partial charge in [-0.2, -0.15) is 0 Å². The van der Waals surface area contributed by atoms with Crippen LogP contribution in [0.3, 0.4) is 0 Å². The second-order valence-corrected chi connectivity index (χ2v) is 8.50. The summed E-state index contributed by atoms with van der Waals surface area (Å²) >= 11 is 0. The minimum atomic E-state index is -0.562. The van der Waals surface area contributed by atoms with Crippen molar-refractivity contribution < 1.29 is 14.3 Å². The van der Waals surface area contributed by atoms with E-state index in [4.69, 9.17) is 4.74 Å². The fraction of sp³-hybridized carbons (Fsp3) is 0.385. The van der Waals surface area contributed by atoms with E-state index in [2.05, 4.69) is 10.6 Å². The van der Waals surface area contributed by atoms with Crippen molar-refractivity contribution in [2.24, 2.45) is 0 Å². The van der Waals surface area contributed by atoms with E-state index in [9.17, 15) is 19.2 Å². The van der Waals surface area contributed by atoms with E-state index in [-0.39, 0.29) is 25.0 Å². The van der Waals surface area contributed by atoms with Crippen LogP contribution in [-0.2, 0) is 22.7 Å². The molecule has 3 rings (SSSR count). The zero-order chi connectivity index (χ0) is 25.4. The van der Waals surface area contributed by atoms with Crippen molar-refractivity contribution in [3.8, 4) is 5.75 Å². The molecule has 0 atom stereocenters. The Morgan fingerprint density at radius 2 is 1.66 bits per heavy atom. The standard InChI is InChI=1S/C26H32N4O5/c1-4-35-22-14-8-6-12-20(22)28-24(32)17-30-21-13-7-5-11-19(21)25(33)29(26(30)34)16-10-9-15-23(31)27-18(2)3/h5-8,11-14,18H,4,9-10,15-17H2,1-3H3,(H,27,31)(H,28,32). The molecular weight excluding hydrogens is 448 g/mol. The van der Waals surface area contributed by atoms with Gasteiger partial charge in [-0.25, -0.2) is 4.79 Å². The number of rotatable bonds is 11. The number of amides is 2. The van der Waals surface area contributed by atoms with Gasteiger partial charge in [-0.3, -0.25) is 23.5 Å². The van der Waals surface area contributed by atoms with Crippen LogP contribution in [0.15, 0.2) is 58.1 Å². The Kier molecular flexibility index (Phi) is 8.83. The highest BCUT2D eigenvalue weighted by Gasteiger charge is 2.16. The summed E-state index contributed by atoms with van der Waals surface area (Å²) in [4.78, 5) is 51.1. The maximum absolute atomic E-state index is 13.3. The summed E-state index contributed by atoms with van der Waals surface area (Å²) in [7, 11) is 0. The van der Waals surface area contributed by atoms with Gasteiger partial charge in [0.15, 0.2) is 0 Å². The Labute approximate surface area is 203 Å². The van der Waals surface area contributed by atoms with E-state index >= 15 is 0 Å². The minimum absolute atomic E-state index is 0.0597. The van der Waals surface area contributed by atoms with Crippen LogP contribution in [0, 0.1) is 0 Å². The van der Waals surface area contributed by atoms with E-state index in [1.165, 1.54) is 4.57 Å². The van der Waals surface area contributed by atoms with Crippen LogP contribution >= 0.6 is 0 Å². The number of nitrogens with one attached hydrogen (secondary N) is 2. The number of carbonyl (C=O) groups excluding carboxylic acids is 2. The summed E-state index contributed by atoms with van der Waals surface area (Å²) in [5, 5.41) is 5.97. The van der Waals surface area contributed by atoms with Gasteiger partial charge in [0, 0.05) is 19.0 Å². The number of para-hydroxylation sites is 3. The number of hydrogen-bond donors (Lipinski definition) is 2. The van der Waals surface area contributed by atoms with Crippen LogP contribution in [-0.4, -0.2) is 33.6 Å². The van der Waals surface area contributed by atoms with Gasteiger partial charge in [0.25, 0.3) is 5.56 Å². The monoisotopic (exact) mass is 480 g/mol. The summed E-state index contributed by atoms with van der Waals surface area (Å²) in [6, 6.07) is 13.9. The largest absolute Gasteiger partial charge is 0.492 e. The third-order valence-corrected chi connectivity index (χ3v) is 5.38. The van der Waals surface area contributed by atoms with E-state index in [0.717, 1.165) is 4.57 Å². The van der Waals surface area contributed by atoms with Gasteiger partial charge in [-0.1, -0.05) is 24.3 Å². The third kappa shape index (κ3) is 6.59. The quantitative estimate of drug-likeness (QED) is 0.410. The minimum Gasteiger partial charge on any atom is -0.492 e. The number of nitrogens with zero attached hydrogens (tertiary/aromatic N) is 2. The Morgan fingerprint density at radius 1 is 0.943 bits per heavy atom. The molecule has 9 nitrogen and oxygen atoms in total. The van der Waals surface area contributed by atoms with E-state index in [0.29, 0.717) is 48.2 Å². The highest BCUT2D eigenvalue weighted by molar-refractivity contribution is 5.93. The molecule has 186 valence electrons. The lowest BCUT2D eigenvalue weighted by Crippen LogP contribution is -2.41. The molecule has 0 unspecified atom stereocenters. The van der Waals surface area contributed by atoms with Crippen LogP contribution in [0.5, 0.6) is 5.75 Å². The van der Waals surface area contributed by atoms with Gasteiger partial charge in [0.1, 0.15) is 12.3 Å². The zero-order valence-corrected chi connectivity index (χ0v) is 20.4. The second-order valence-electron chi connectivity index (χ2n) is 8.50. The summed E-state index contributed by atoms with van der Waals surface area (Å²) in [5.41, 5.74) is -0.0721. The van der Waals surface area contributed by atoms with Crippen LogP contribution in [0.25, 0.3) is 10.9 Å². The molecule has 0 aliphatic heterocycles. The lowest BCUT2D eigenvalue weighted by molar-refractivity contribution is -0.121. The second kappa shape index (κ2) is 12.0. The molecule has 9 heteroatoms. The lowest BCUT2D eigenvalue weighted by Gasteiger charge is -2.15. The van der Waals surface area contributed by atoms with Crippen molar-refractivity contribution in [1.82, 2.24) is 14.5 Å². The maximum atomic E-state index is 13.3. The fourth-order valence-corrected chi connectivity index (χ4v) is 3.86. The van der Waals surface area contributed by atoms with E-state index in [1.807, 2.05) is 20.8 Å². The molecular formula is C26H32N4O5. The number of anilines is 1. The highest BCUT2D eigenvalue weighted by Crippen LogP contribution is 2.23. The number of aromatic nitrogens is 2. The molecule has 2 amide bonds. The van der Waals surface area contributed by atoms with E-state index in [1.54, 1.807) is 48.5 Å². The Bertz CT molecular complexity index is 1310. The first-order chi connectivity index (χ1) is 16.8. The van der Waals surface area contributed by atoms with Crippen LogP contribution in [0.1, 0.15) is 40.0 Å². The van der Waals surface area contributed by atoms with Crippen LogP contribution in [0.4, 0.5) is 5.69 Å². The van der Waals surface area contributed by atoms with Gasteiger partial charge >= 0.3 is 5.69 Å². The Hall–Kier alpha value is -3.88. The van der Waals surface area contributed by atoms with Crippen molar-refractivity contribution in [2.75, 3.05) is 11.9 Å². The predicted molar refractivity (Wildman–Crippen MR) is 136 cm³/mol. The highest BCUT2D eigenvalue weighted by atomic mass is 16.5. The molecule has 2 N–H and O–H groups in total. The summed E-state index contributed by atoms with van der Waals surface area (Å²) in [6.45, 7) is 5.97. The van der Waals surface area contributed by atoms with Crippen molar-refractivity contribution in [2.45, 2.75) is 59.2 Å². The molecule has 0 fully saturated rings. The van der Waals surface area contributed by atoms with Crippen molar-refractivity contribution in [1.29, 1.82) is 0 Å². The van der Waals surface area contributed by atoms with Gasteiger partial charge in [0.05, 0.1) is 23.2 Å². The van der Waals surface area contributed by atoms with Crippen molar-refractivity contribution in [3.05, 3.63) is 69.4 Å².